The average Bonchev–Trinajstić information content (AvgIpc) is 3.28. The fourth-order valence-corrected chi connectivity index (χ4v) is 3.38. The van der Waals surface area contributed by atoms with Gasteiger partial charge < -0.3 is 9.73 Å². The first-order chi connectivity index (χ1) is 12.6. The van der Waals surface area contributed by atoms with Crippen LogP contribution < -0.4 is 5.32 Å². The van der Waals surface area contributed by atoms with Crippen LogP contribution in [0, 0.1) is 18.3 Å². The van der Waals surface area contributed by atoms with Crippen molar-refractivity contribution in [3.8, 4) is 17.4 Å². The van der Waals surface area contributed by atoms with E-state index in [0.29, 0.717) is 17.1 Å². The van der Waals surface area contributed by atoms with Gasteiger partial charge in [0.15, 0.2) is 5.76 Å². The van der Waals surface area contributed by atoms with Crippen molar-refractivity contribution >= 4 is 5.91 Å². The molecule has 0 saturated carbocycles. The largest absolute Gasteiger partial charge is 0.451 e. The fourth-order valence-electron chi connectivity index (χ4n) is 3.38. The van der Waals surface area contributed by atoms with Gasteiger partial charge in [-0.2, -0.15) is 5.26 Å². The summed E-state index contributed by atoms with van der Waals surface area (Å²) in [5.74, 6) is 0.791. The van der Waals surface area contributed by atoms with Crippen LogP contribution >= 0.6 is 0 Å². The molecule has 0 fully saturated rings. The number of hydrogen-bond acceptors (Lipinski definition) is 3. The summed E-state index contributed by atoms with van der Waals surface area (Å²) >= 11 is 0. The molecule has 1 heterocycles. The van der Waals surface area contributed by atoms with Gasteiger partial charge in [-0.3, -0.25) is 4.79 Å². The highest BCUT2D eigenvalue weighted by Crippen LogP contribution is 2.25. The Balaban J connectivity index is 1.45. The van der Waals surface area contributed by atoms with Gasteiger partial charge >= 0.3 is 0 Å². The van der Waals surface area contributed by atoms with E-state index in [2.05, 4.69) is 11.4 Å². The van der Waals surface area contributed by atoms with Crippen molar-refractivity contribution in [2.75, 3.05) is 0 Å². The lowest BCUT2D eigenvalue weighted by atomic mass is 10.1. The van der Waals surface area contributed by atoms with Gasteiger partial charge in [0, 0.05) is 11.6 Å². The predicted molar refractivity (Wildman–Crippen MR) is 98.7 cm³/mol. The summed E-state index contributed by atoms with van der Waals surface area (Å²) in [6.07, 6.45) is 1.51. The first-order valence-electron chi connectivity index (χ1n) is 8.62. The highest BCUT2D eigenvalue weighted by Gasteiger charge is 2.24. The summed E-state index contributed by atoms with van der Waals surface area (Å²) in [4.78, 5) is 12.5. The van der Waals surface area contributed by atoms with E-state index >= 15 is 0 Å². The molecular formula is C22H18N2O2. The molecule has 3 aromatic rings. The van der Waals surface area contributed by atoms with Crippen molar-refractivity contribution in [3.05, 3.63) is 82.6 Å². The SMILES string of the molecule is Cc1ccc(-c2ccc(C(=O)NC3Cc4ccc(C#N)cc4C3)o2)cc1. The topological polar surface area (TPSA) is 66.0 Å². The molecule has 0 aliphatic heterocycles. The number of carbonyl (C=O) groups is 1. The molecule has 26 heavy (non-hydrogen) atoms. The van der Waals surface area contributed by atoms with Gasteiger partial charge in [0.05, 0.1) is 11.6 Å². The zero-order valence-corrected chi connectivity index (χ0v) is 14.5. The minimum atomic E-state index is -0.207. The number of carbonyl (C=O) groups excluding carboxylic acids is 1. The van der Waals surface area contributed by atoms with Crippen LogP contribution in [0.2, 0.25) is 0 Å². The normalized spacial score (nSPS) is 15.3. The lowest BCUT2D eigenvalue weighted by Gasteiger charge is -2.10. The molecule has 128 valence electrons. The molecular weight excluding hydrogens is 324 g/mol. The molecule has 0 spiro atoms. The number of furan rings is 1. The van der Waals surface area contributed by atoms with Crippen molar-refractivity contribution < 1.29 is 9.21 Å². The summed E-state index contributed by atoms with van der Waals surface area (Å²) in [7, 11) is 0. The summed E-state index contributed by atoms with van der Waals surface area (Å²) < 4.78 is 5.74. The summed E-state index contributed by atoms with van der Waals surface area (Å²) in [6, 6.07) is 19.4. The first kappa shape index (κ1) is 16.2. The molecule has 1 N–H and O–H groups in total. The van der Waals surface area contributed by atoms with Gasteiger partial charge in [0.1, 0.15) is 5.76 Å². The number of fused-ring (bicyclic) bond motifs is 1. The van der Waals surface area contributed by atoms with Crippen molar-refractivity contribution in [1.29, 1.82) is 5.26 Å². The standard InChI is InChI=1S/C22H18N2O2/c1-14-2-5-16(6-3-14)20-8-9-21(26-20)22(25)24-19-11-17-7-4-15(13-23)10-18(17)12-19/h2-10,19H,11-12H2,1H3,(H,24,25). The molecule has 0 saturated heterocycles. The maximum absolute atomic E-state index is 12.5. The second kappa shape index (κ2) is 6.53. The van der Waals surface area contributed by atoms with Crippen molar-refractivity contribution in [1.82, 2.24) is 5.32 Å². The minimum Gasteiger partial charge on any atom is -0.451 e. The molecule has 1 aliphatic rings. The Morgan fingerprint density at radius 2 is 1.85 bits per heavy atom. The number of nitrogens with zero attached hydrogens (tertiary/aromatic N) is 1. The summed E-state index contributed by atoms with van der Waals surface area (Å²) in [5.41, 5.74) is 5.11. The third kappa shape index (κ3) is 3.12. The van der Waals surface area contributed by atoms with Crippen LogP contribution in [-0.4, -0.2) is 11.9 Å². The second-order valence-corrected chi connectivity index (χ2v) is 6.70. The monoisotopic (exact) mass is 342 g/mol. The van der Waals surface area contributed by atoms with Gasteiger partial charge in [-0.15, -0.1) is 0 Å². The molecule has 4 heteroatoms. The minimum absolute atomic E-state index is 0.0272. The smallest absolute Gasteiger partial charge is 0.287 e. The van der Waals surface area contributed by atoms with Crippen LogP contribution in [0.15, 0.2) is 59.0 Å². The lowest BCUT2D eigenvalue weighted by molar-refractivity contribution is 0.0911. The van der Waals surface area contributed by atoms with Crippen molar-refractivity contribution in [2.24, 2.45) is 0 Å². The van der Waals surface area contributed by atoms with Crippen LogP contribution in [0.3, 0.4) is 0 Å². The Morgan fingerprint density at radius 1 is 1.08 bits per heavy atom. The molecule has 1 aromatic heterocycles. The van der Waals surface area contributed by atoms with Crippen molar-refractivity contribution in [2.45, 2.75) is 25.8 Å². The number of aryl methyl sites for hydroxylation is 1. The Morgan fingerprint density at radius 3 is 2.62 bits per heavy atom. The number of rotatable bonds is 3. The molecule has 1 amide bonds. The summed E-state index contributed by atoms with van der Waals surface area (Å²) in [5, 5.41) is 12.0. The quantitative estimate of drug-likeness (QED) is 0.782. The maximum atomic E-state index is 12.5. The molecule has 0 radical (unpaired) electrons. The van der Waals surface area contributed by atoms with Crippen LogP contribution in [0.4, 0.5) is 0 Å². The molecule has 1 unspecified atom stereocenters. The predicted octanol–water partition coefficient (Wildman–Crippen LogP) is 4.02. The molecule has 0 bridgehead atoms. The number of amides is 1. The molecule has 1 atom stereocenters. The van der Waals surface area contributed by atoms with Gasteiger partial charge in [-0.1, -0.05) is 35.9 Å². The van der Waals surface area contributed by atoms with Gasteiger partial charge in [-0.05, 0) is 55.2 Å². The third-order valence-electron chi connectivity index (χ3n) is 4.77. The van der Waals surface area contributed by atoms with Crippen LogP contribution in [-0.2, 0) is 12.8 Å². The second-order valence-electron chi connectivity index (χ2n) is 6.70. The average molecular weight is 342 g/mol. The van der Waals surface area contributed by atoms with Crippen molar-refractivity contribution in [3.63, 3.8) is 0 Å². The first-order valence-corrected chi connectivity index (χ1v) is 8.62. The Labute approximate surface area is 152 Å². The van der Waals surface area contributed by atoms with E-state index in [1.165, 1.54) is 11.1 Å². The van der Waals surface area contributed by atoms with Gasteiger partial charge in [0.25, 0.3) is 5.91 Å². The zero-order chi connectivity index (χ0) is 18.1. The third-order valence-corrected chi connectivity index (χ3v) is 4.77. The van der Waals surface area contributed by atoms with Gasteiger partial charge in [-0.25, -0.2) is 0 Å². The van der Waals surface area contributed by atoms with Gasteiger partial charge in [0.2, 0.25) is 0 Å². The van der Waals surface area contributed by atoms with Crippen LogP contribution in [0.5, 0.6) is 0 Å². The van der Waals surface area contributed by atoms with E-state index in [1.807, 2.05) is 55.5 Å². The fraction of sp³-hybridized carbons (Fsp3) is 0.182. The van der Waals surface area contributed by atoms with E-state index in [0.717, 1.165) is 24.0 Å². The van der Waals surface area contributed by atoms with E-state index in [1.54, 1.807) is 6.07 Å². The lowest BCUT2D eigenvalue weighted by Crippen LogP contribution is -2.35. The zero-order valence-electron chi connectivity index (χ0n) is 14.5. The van der Waals surface area contributed by atoms with Crippen LogP contribution in [0.1, 0.15) is 32.8 Å². The summed E-state index contributed by atoms with van der Waals surface area (Å²) in [6.45, 7) is 2.03. The Kier molecular flexibility index (Phi) is 4.06. The molecule has 1 aliphatic carbocycles. The highest BCUT2D eigenvalue weighted by atomic mass is 16.3. The number of benzene rings is 2. The van der Waals surface area contributed by atoms with E-state index < -0.39 is 0 Å². The number of hydrogen-bond donors (Lipinski definition) is 1. The molecule has 2 aromatic carbocycles. The Hall–Kier alpha value is -3.32. The van der Waals surface area contributed by atoms with Crippen LogP contribution in [0.25, 0.3) is 11.3 Å². The molecule has 4 nitrogen and oxygen atoms in total. The number of nitrogens with one attached hydrogen (secondary N) is 1. The maximum Gasteiger partial charge on any atom is 0.287 e. The highest BCUT2D eigenvalue weighted by molar-refractivity contribution is 5.92. The Bertz CT molecular complexity index is 1010. The van der Waals surface area contributed by atoms with E-state index in [9.17, 15) is 4.79 Å². The van der Waals surface area contributed by atoms with E-state index in [4.69, 9.17) is 9.68 Å². The number of nitriles is 1. The molecule has 4 rings (SSSR count). The van der Waals surface area contributed by atoms with E-state index in [-0.39, 0.29) is 11.9 Å².